The average Bonchev–Trinajstić information content (AvgIpc) is 3.04. The molecule has 0 unspecified atom stereocenters. The van der Waals surface area contributed by atoms with E-state index < -0.39 is 0 Å². The molecule has 5 nitrogen and oxygen atoms in total. The van der Waals surface area contributed by atoms with E-state index >= 15 is 0 Å². The van der Waals surface area contributed by atoms with Crippen LogP contribution in [0.25, 0.3) is 0 Å². The Kier molecular flexibility index (Phi) is 7.37. The molecule has 7 heteroatoms. The van der Waals surface area contributed by atoms with Gasteiger partial charge >= 0.3 is 0 Å². The normalized spacial score (nSPS) is 18.9. The number of hydrogen-bond donors (Lipinski definition) is 1. The number of rotatable bonds is 5. The fourth-order valence-corrected chi connectivity index (χ4v) is 3.78. The molecule has 1 spiro atoms. The standard InChI is InChI=1S/C18H25ClN2O3.ClH/c1-23-10-11-24-16-3-2-14(19)12-15(16)17(22)21-8-5-18(6-9-21)4-7-20-13-18;/h2-3,12,20H,4-11,13H2,1H3;1H. The van der Waals surface area contributed by atoms with Gasteiger partial charge in [0.15, 0.2) is 0 Å². The minimum atomic E-state index is 0. The number of methoxy groups -OCH3 is 1. The first kappa shape index (κ1) is 20.3. The van der Waals surface area contributed by atoms with Crippen molar-refractivity contribution in [2.24, 2.45) is 5.41 Å². The number of amides is 1. The summed E-state index contributed by atoms with van der Waals surface area (Å²) in [6.07, 6.45) is 3.34. The van der Waals surface area contributed by atoms with Crippen LogP contribution in [0.5, 0.6) is 5.75 Å². The first-order chi connectivity index (χ1) is 11.6. The lowest BCUT2D eigenvalue weighted by molar-refractivity contribution is 0.0601. The van der Waals surface area contributed by atoms with Crippen LogP contribution in [-0.2, 0) is 4.74 Å². The molecule has 2 heterocycles. The maximum atomic E-state index is 12.9. The van der Waals surface area contributed by atoms with Gasteiger partial charge in [-0.15, -0.1) is 12.4 Å². The lowest BCUT2D eigenvalue weighted by Gasteiger charge is -2.39. The van der Waals surface area contributed by atoms with E-state index in [1.54, 1.807) is 25.3 Å². The number of likely N-dealkylation sites (tertiary alicyclic amines) is 1. The van der Waals surface area contributed by atoms with Crippen molar-refractivity contribution < 1.29 is 14.3 Å². The first-order valence-electron chi connectivity index (χ1n) is 8.55. The molecule has 0 bridgehead atoms. The summed E-state index contributed by atoms with van der Waals surface area (Å²) in [6, 6.07) is 5.21. The number of nitrogens with one attached hydrogen (secondary N) is 1. The molecule has 0 aromatic heterocycles. The Morgan fingerprint density at radius 3 is 2.68 bits per heavy atom. The molecular formula is C18H26Cl2N2O3. The largest absolute Gasteiger partial charge is 0.490 e. The van der Waals surface area contributed by atoms with Crippen LogP contribution in [0.15, 0.2) is 18.2 Å². The van der Waals surface area contributed by atoms with E-state index in [1.165, 1.54) is 6.42 Å². The van der Waals surface area contributed by atoms with Gasteiger partial charge in [-0.05, 0) is 49.4 Å². The second kappa shape index (κ2) is 9.08. The van der Waals surface area contributed by atoms with Crippen LogP contribution in [0, 0.1) is 5.41 Å². The highest BCUT2D eigenvalue weighted by Gasteiger charge is 2.38. The Bertz CT molecular complexity index is 582. The first-order valence-corrected chi connectivity index (χ1v) is 8.93. The molecule has 1 N–H and O–H groups in total. The number of halogens is 2. The summed E-state index contributed by atoms with van der Waals surface area (Å²) in [5.41, 5.74) is 0.933. The zero-order valence-corrected chi connectivity index (χ0v) is 16.1. The van der Waals surface area contributed by atoms with Crippen molar-refractivity contribution in [2.75, 3.05) is 46.5 Å². The SMILES string of the molecule is COCCOc1ccc(Cl)cc1C(=O)N1CCC2(CCNC2)CC1.Cl. The Morgan fingerprint density at radius 2 is 2.04 bits per heavy atom. The van der Waals surface area contributed by atoms with Crippen LogP contribution in [0.1, 0.15) is 29.6 Å². The fraction of sp³-hybridized carbons (Fsp3) is 0.611. The van der Waals surface area contributed by atoms with Crippen molar-refractivity contribution in [3.63, 3.8) is 0 Å². The molecule has 1 amide bonds. The molecule has 2 aliphatic heterocycles. The Hall–Kier alpha value is -1.01. The molecule has 0 aliphatic carbocycles. The quantitative estimate of drug-likeness (QED) is 0.787. The van der Waals surface area contributed by atoms with Gasteiger partial charge in [0.05, 0.1) is 12.2 Å². The predicted molar refractivity (Wildman–Crippen MR) is 101 cm³/mol. The third-order valence-corrected chi connectivity index (χ3v) is 5.40. The van der Waals surface area contributed by atoms with Crippen LogP contribution in [0.4, 0.5) is 0 Å². The number of benzene rings is 1. The van der Waals surface area contributed by atoms with E-state index in [9.17, 15) is 4.79 Å². The van der Waals surface area contributed by atoms with E-state index in [0.717, 1.165) is 39.0 Å². The van der Waals surface area contributed by atoms with Crippen molar-refractivity contribution in [2.45, 2.75) is 19.3 Å². The van der Waals surface area contributed by atoms with Gasteiger partial charge in [0, 0.05) is 31.8 Å². The second-order valence-corrected chi connectivity index (χ2v) is 7.14. The Morgan fingerprint density at radius 1 is 1.28 bits per heavy atom. The zero-order chi connectivity index (χ0) is 17.0. The highest BCUT2D eigenvalue weighted by Crippen LogP contribution is 2.37. The molecule has 2 saturated heterocycles. The number of ether oxygens (including phenoxy) is 2. The van der Waals surface area contributed by atoms with Gasteiger partial charge in [-0.1, -0.05) is 11.6 Å². The van der Waals surface area contributed by atoms with Gasteiger partial charge in [0.1, 0.15) is 12.4 Å². The number of hydrogen-bond acceptors (Lipinski definition) is 4. The lowest BCUT2D eigenvalue weighted by atomic mass is 9.78. The van der Waals surface area contributed by atoms with Gasteiger partial charge in [0.2, 0.25) is 0 Å². The van der Waals surface area contributed by atoms with Crippen molar-refractivity contribution >= 4 is 29.9 Å². The summed E-state index contributed by atoms with van der Waals surface area (Å²) < 4.78 is 10.7. The molecule has 25 heavy (non-hydrogen) atoms. The van der Waals surface area contributed by atoms with Gasteiger partial charge in [0.25, 0.3) is 5.91 Å². The highest BCUT2D eigenvalue weighted by molar-refractivity contribution is 6.31. The van der Waals surface area contributed by atoms with Gasteiger partial charge in [-0.3, -0.25) is 4.79 Å². The predicted octanol–water partition coefficient (Wildman–Crippen LogP) is 3.00. The van der Waals surface area contributed by atoms with Crippen molar-refractivity contribution in [1.82, 2.24) is 10.2 Å². The van der Waals surface area contributed by atoms with E-state index in [1.807, 2.05) is 4.90 Å². The summed E-state index contributed by atoms with van der Waals surface area (Å²) >= 11 is 6.10. The Labute approximate surface area is 160 Å². The van der Waals surface area contributed by atoms with Gasteiger partial charge in [-0.2, -0.15) is 0 Å². The van der Waals surface area contributed by atoms with E-state index in [2.05, 4.69) is 5.32 Å². The van der Waals surface area contributed by atoms with E-state index in [0.29, 0.717) is 35.0 Å². The van der Waals surface area contributed by atoms with Crippen molar-refractivity contribution in [3.05, 3.63) is 28.8 Å². The van der Waals surface area contributed by atoms with Crippen LogP contribution in [-0.4, -0.2) is 57.3 Å². The lowest BCUT2D eigenvalue weighted by Crippen LogP contribution is -2.44. The zero-order valence-electron chi connectivity index (χ0n) is 14.6. The van der Waals surface area contributed by atoms with Crippen LogP contribution >= 0.6 is 24.0 Å². The summed E-state index contributed by atoms with van der Waals surface area (Å²) in [7, 11) is 1.62. The smallest absolute Gasteiger partial charge is 0.257 e. The Balaban J connectivity index is 0.00000225. The highest BCUT2D eigenvalue weighted by atomic mass is 35.5. The minimum Gasteiger partial charge on any atom is -0.490 e. The topological polar surface area (TPSA) is 50.8 Å². The molecule has 3 rings (SSSR count). The van der Waals surface area contributed by atoms with E-state index in [4.69, 9.17) is 21.1 Å². The van der Waals surface area contributed by atoms with Crippen molar-refractivity contribution in [3.8, 4) is 5.75 Å². The van der Waals surface area contributed by atoms with Gasteiger partial charge in [-0.25, -0.2) is 0 Å². The molecule has 1 aromatic rings. The molecule has 0 saturated carbocycles. The van der Waals surface area contributed by atoms with Gasteiger partial charge < -0.3 is 19.7 Å². The number of carbonyl (C=O) groups is 1. The third kappa shape index (κ3) is 4.79. The summed E-state index contributed by atoms with van der Waals surface area (Å²) in [5, 5.41) is 4.00. The maximum Gasteiger partial charge on any atom is 0.257 e. The van der Waals surface area contributed by atoms with Crippen molar-refractivity contribution in [1.29, 1.82) is 0 Å². The van der Waals surface area contributed by atoms with Crippen LogP contribution in [0.3, 0.4) is 0 Å². The molecule has 140 valence electrons. The molecular weight excluding hydrogens is 363 g/mol. The maximum absolute atomic E-state index is 12.9. The summed E-state index contributed by atoms with van der Waals surface area (Å²) in [4.78, 5) is 14.9. The number of carbonyl (C=O) groups excluding carboxylic acids is 1. The van der Waals surface area contributed by atoms with Crippen LogP contribution < -0.4 is 10.1 Å². The summed E-state index contributed by atoms with van der Waals surface area (Å²) in [5.74, 6) is 0.579. The van der Waals surface area contributed by atoms with E-state index in [-0.39, 0.29) is 18.3 Å². The minimum absolute atomic E-state index is 0. The molecule has 1 aromatic carbocycles. The fourth-order valence-electron chi connectivity index (χ4n) is 3.61. The number of nitrogens with zero attached hydrogens (tertiary/aromatic N) is 1. The summed E-state index contributed by atoms with van der Waals surface area (Å²) in [6.45, 7) is 4.66. The second-order valence-electron chi connectivity index (χ2n) is 6.70. The molecule has 0 atom stereocenters. The monoisotopic (exact) mass is 388 g/mol. The molecule has 2 fully saturated rings. The molecule has 2 aliphatic rings. The molecule has 0 radical (unpaired) electrons. The average molecular weight is 389 g/mol. The van der Waals surface area contributed by atoms with Crippen LogP contribution in [0.2, 0.25) is 5.02 Å². The third-order valence-electron chi connectivity index (χ3n) is 5.16. The number of piperidine rings is 1.